The molecular formula is C23H28FN3O4S. The number of carbonyl (C=O) groups excluding carboxylic acids is 2. The largest absolute Gasteiger partial charge is 0.339 e. The predicted octanol–water partition coefficient (Wildman–Crippen LogP) is 3.65. The van der Waals surface area contributed by atoms with Gasteiger partial charge in [0.1, 0.15) is 10.7 Å². The molecule has 2 aromatic rings. The molecule has 3 rings (SSSR count). The monoisotopic (exact) mass is 461 g/mol. The van der Waals surface area contributed by atoms with Crippen LogP contribution in [0.5, 0.6) is 0 Å². The van der Waals surface area contributed by atoms with Gasteiger partial charge in [-0.15, -0.1) is 0 Å². The number of likely N-dealkylation sites (tertiary alicyclic amines) is 1. The third-order valence-corrected chi connectivity index (χ3v) is 7.72. The normalized spacial score (nSPS) is 14.1. The Kier molecular flexibility index (Phi) is 7.30. The maximum absolute atomic E-state index is 14.4. The first-order valence-electron chi connectivity index (χ1n) is 10.7. The zero-order valence-corrected chi connectivity index (χ0v) is 19.3. The average Bonchev–Trinajstić information content (AvgIpc) is 3.30. The van der Waals surface area contributed by atoms with Crippen LogP contribution in [0.15, 0.2) is 41.3 Å². The Morgan fingerprint density at radius 3 is 2.38 bits per heavy atom. The van der Waals surface area contributed by atoms with Crippen LogP contribution in [-0.2, 0) is 10.0 Å². The molecular weight excluding hydrogens is 433 g/mol. The molecule has 0 spiro atoms. The quantitative estimate of drug-likeness (QED) is 0.682. The van der Waals surface area contributed by atoms with Gasteiger partial charge < -0.3 is 10.2 Å². The summed E-state index contributed by atoms with van der Waals surface area (Å²) in [6.07, 6.45) is 1.89. The van der Waals surface area contributed by atoms with Crippen LogP contribution < -0.4 is 5.32 Å². The van der Waals surface area contributed by atoms with Crippen LogP contribution in [-0.4, -0.2) is 55.6 Å². The van der Waals surface area contributed by atoms with Gasteiger partial charge >= 0.3 is 0 Å². The summed E-state index contributed by atoms with van der Waals surface area (Å²) in [5, 5.41) is 2.74. The Morgan fingerprint density at radius 2 is 1.75 bits per heavy atom. The smallest absolute Gasteiger partial charge is 0.255 e. The summed E-state index contributed by atoms with van der Waals surface area (Å²) in [5.41, 5.74) is 1.42. The van der Waals surface area contributed by atoms with Crippen molar-refractivity contribution in [2.24, 2.45) is 0 Å². The highest BCUT2D eigenvalue weighted by Crippen LogP contribution is 2.26. The summed E-state index contributed by atoms with van der Waals surface area (Å²) in [6.45, 7) is 6.80. The van der Waals surface area contributed by atoms with E-state index < -0.39 is 26.6 Å². The number of benzene rings is 2. The van der Waals surface area contributed by atoms with Crippen LogP contribution in [0.3, 0.4) is 0 Å². The van der Waals surface area contributed by atoms with Crippen molar-refractivity contribution in [2.45, 2.75) is 38.5 Å². The van der Waals surface area contributed by atoms with Gasteiger partial charge in [-0.25, -0.2) is 12.8 Å². The van der Waals surface area contributed by atoms with Gasteiger partial charge in [-0.2, -0.15) is 4.31 Å². The van der Waals surface area contributed by atoms with E-state index >= 15 is 0 Å². The number of hydrogen-bond donors (Lipinski definition) is 1. The van der Waals surface area contributed by atoms with Gasteiger partial charge in [-0.05, 0) is 49.6 Å². The van der Waals surface area contributed by atoms with Crippen molar-refractivity contribution in [3.05, 3.63) is 58.9 Å². The van der Waals surface area contributed by atoms with Crippen LogP contribution in [0.25, 0.3) is 0 Å². The number of halogens is 1. The number of sulfonamides is 1. The van der Waals surface area contributed by atoms with Gasteiger partial charge in [-0.1, -0.05) is 26.0 Å². The molecule has 172 valence electrons. The number of aryl methyl sites for hydroxylation is 1. The lowest BCUT2D eigenvalue weighted by Crippen LogP contribution is -2.31. The first-order valence-corrected chi connectivity index (χ1v) is 12.1. The summed E-state index contributed by atoms with van der Waals surface area (Å²) in [7, 11) is -4.08. The Balaban J connectivity index is 1.94. The summed E-state index contributed by atoms with van der Waals surface area (Å²) in [5.74, 6) is -1.70. The first kappa shape index (κ1) is 23.9. The van der Waals surface area contributed by atoms with Crippen LogP contribution >= 0.6 is 0 Å². The van der Waals surface area contributed by atoms with Crippen molar-refractivity contribution in [3.8, 4) is 0 Å². The number of amides is 2. The Hall–Kier alpha value is -2.78. The van der Waals surface area contributed by atoms with E-state index in [-0.39, 0.29) is 24.6 Å². The van der Waals surface area contributed by atoms with Crippen molar-refractivity contribution < 1.29 is 22.4 Å². The van der Waals surface area contributed by atoms with Crippen LogP contribution in [0.4, 0.5) is 10.1 Å². The van der Waals surface area contributed by atoms with Crippen LogP contribution in [0.2, 0.25) is 0 Å². The predicted molar refractivity (Wildman–Crippen MR) is 121 cm³/mol. The summed E-state index contributed by atoms with van der Waals surface area (Å²) in [4.78, 5) is 27.1. The van der Waals surface area contributed by atoms with Gasteiger partial charge in [0.25, 0.3) is 11.8 Å². The van der Waals surface area contributed by atoms with Crippen LogP contribution in [0.1, 0.15) is 53.0 Å². The van der Waals surface area contributed by atoms with E-state index in [0.29, 0.717) is 29.9 Å². The molecule has 9 heteroatoms. The molecule has 0 saturated carbocycles. The van der Waals surface area contributed by atoms with Gasteiger partial charge in [0.15, 0.2) is 0 Å². The summed E-state index contributed by atoms with van der Waals surface area (Å²) < 4.78 is 41.1. The SMILES string of the molecule is CCN(CC)S(=O)(=O)c1cc(C(=O)Nc2c(C)cccc2C(=O)N2CCCC2)ccc1F. The van der Waals surface area contributed by atoms with Crippen molar-refractivity contribution in [1.82, 2.24) is 9.21 Å². The van der Waals surface area contributed by atoms with Crippen molar-refractivity contribution in [1.29, 1.82) is 0 Å². The van der Waals surface area contributed by atoms with E-state index in [1.54, 1.807) is 43.9 Å². The fourth-order valence-corrected chi connectivity index (χ4v) is 5.38. The molecule has 1 N–H and O–H groups in total. The molecule has 2 amide bonds. The third-order valence-electron chi connectivity index (χ3n) is 5.65. The molecule has 32 heavy (non-hydrogen) atoms. The maximum atomic E-state index is 14.4. The van der Waals surface area contributed by atoms with Gasteiger partial charge in [0.2, 0.25) is 10.0 Å². The molecule has 0 bridgehead atoms. The molecule has 1 heterocycles. The number of carbonyl (C=O) groups is 2. The minimum absolute atomic E-state index is 0.0139. The molecule has 0 aromatic heterocycles. The zero-order chi connectivity index (χ0) is 23.5. The highest BCUT2D eigenvalue weighted by molar-refractivity contribution is 7.89. The molecule has 0 atom stereocenters. The average molecular weight is 462 g/mol. The number of hydrogen-bond acceptors (Lipinski definition) is 4. The van der Waals surface area contributed by atoms with Crippen LogP contribution in [0, 0.1) is 12.7 Å². The van der Waals surface area contributed by atoms with E-state index in [1.165, 1.54) is 6.07 Å². The summed E-state index contributed by atoms with van der Waals surface area (Å²) >= 11 is 0. The van der Waals surface area contributed by atoms with Gasteiger partial charge in [-0.3, -0.25) is 9.59 Å². The van der Waals surface area contributed by atoms with E-state index in [1.807, 2.05) is 0 Å². The van der Waals surface area contributed by atoms with E-state index in [2.05, 4.69) is 5.32 Å². The number of anilines is 1. The zero-order valence-electron chi connectivity index (χ0n) is 18.5. The van der Waals surface area contributed by atoms with E-state index in [9.17, 15) is 22.4 Å². The number of nitrogens with one attached hydrogen (secondary N) is 1. The lowest BCUT2D eigenvalue weighted by molar-refractivity contribution is 0.0793. The first-order chi connectivity index (χ1) is 15.2. The lowest BCUT2D eigenvalue weighted by Gasteiger charge is -2.20. The minimum atomic E-state index is -4.08. The number of rotatable bonds is 7. The second-order valence-electron chi connectivity index (χ2n) is 7.69. The third kappa shape index (κ3) is 4.68. The molecule has 0 radical (unpaired) electrons. The van der Waals surface area contributed by atoms with Crippen molar-refractivity contribution >= 4 is 27.5 Å². The highest BCUT2D eigenvalue weighted by Gasteiger charge is 2.27. The molecule has 7 nitrogen and oxygen atoms in total. The molecule has 0 unspecified atom stereocenters. The fraction of sp³-hybridized carbons (Fsp3) is 0.391. The Morgan fingerprint density at radius 1 is 1.09 bits per heavy atom. The van der Waals surface area contributed by atoms with Crippen molar-refractivity contribution in [2.75, 3.05) is 31.5 Å². The fourth-order valence-electron chi connectivity index (χ4n) is 3.83. The highest BCUT2D eigenvalue weighted by atomic mass is 32.2. The molecule has 1 aliphatic rings. The second-order valence-corrected chi connectivity index (χ2v) is 9.59. The molecule has 0 aliphatic carbocycles. The van der Waals surface area contributed by atoms with Gasteiger partial charge in [0, 0.05) is 31.7 Å². The van der Waals surface area contributed by atoms with E-state index in [4.69, 9.17) is 0 Å². The number of nitrogens with zero attached hydrogens (tertiary/aromatic N) is 2. The molecule has 1 aliphatic heterocycles. The standard InChI is InChI=1S/C23H28FN3O4S/c1-4-27(5-2)32(30,31)20-15-17(11-12-19(20)24)22(28)25-21-16(3)9-8-10-18(21)23(29)26-13-6-7-14-26/h8-12,15H,4-7,13-14H2,1-3H3,(H,25,28). The van der Waals surface area contributed by atoms with Gasteiger partial charge in [0.05, 0.1) is 11.3 Å². The topological polar surface area (TPSA) is 86.8 Å². The van der Waals surface area contributed by atoms with E-state index in [0.717, 1.165) is 29.3 Å². The Labute approximate surface area is 188 Å². The molecule has 2 aromatic carbocycles. The molecule has 1 saturated heterocycles. The minimum Gasteiger partial charge on any atom is -0.339 e. The number of para-hydroxylation sites is 1. The molecule has 1 fully saturated rings. The Bertz CT molecular complexity index is 1120. The summed E-state index contributed by atoms with van der Waals surface area (Å²) in [6, 6.07) is 8.42. The second kappa shape index (κ2) is 9.79. The maximum Gasteiger partial charge on any atom is 0.255 e. The lowest BCUT2D eigenvalue weighted by atomic mass is 10.1. The van der Waals surface area contributed by atoms with Crippen molar-refractivity contribution in [3.63, 3.8) is 0 Å².